The number of rotatable bonds is 33. The maximum Gasteiger partial charge on any atom is 0.469 e. The van der Waals surface area contributed by atoms with Crippen LogP contribution in [-0.4, -0.2) is 41.0 Å². The van der Waals surface area contributed by atoms with E-state index in [0.29, 0.717) is 19.3 Å². The van der Waals surface area contributed by atoms with Crippen molar-refractivity contribution >= 4 is 19.8 Å². The molecular formula is C43H67O8P. The first kappa shape index (κ1) is 48.7. The molecule has 0 aromatic heterocycles. The molecule has 0 aromatic rings. The molecule has 0 amide bonds. The predicted octanol–water partition coefficient (Wildman–Crippen LogP) is 11.6. The van der Waals surface area contributed by atoms with Crippen molar-refractivity contribution in [2.24, 2.45) is 0 Å². The summed E-state index contributed by atoms with van der Waals surface area (Å²) in [7, 11) is -4.78. The third-order valence-electron chi connectivity index (χ3n) is 7.29. The highest BCUT2D eigenvalue weighted by Gasteiger charge is 2.22. The Labute approximate surface area is 315 Å². The van der Waals surface area contributed by atoms with E-state index in [1.807, 2.05) is 6.08 Å². The number of phosphoric ester groups is 1. The van der Waals surface area contributed by atoms with Crippen molar-refractivity contribution < 1.29 is 37.9 Å². The Balaban J connectivity index is 4.14. The average molecular weight is 743 g/mol. The van der Waals surface area contributed by atoms with Gasteiger partial charge < -0.3 is 19.3 Å². The Morgan fingerprint density at radius 3 is 1.33 bits per heavy atom. The van der Waals surface area contributed by atoms with Gasteiger partial charge in [-0.15, -0.1) is 0 Å². The first-order valence-electron chi connectivity index (χ1n) is 19.2. The van der Waals surface area contributed by atoms with E-state index in [1.54, 1.807) is 0 Å². The second-order valence-electron chi connectivity index (χ2n) is 12.1. The lowest BCUT2D eigenvalue weighted by atomic mass is 10.1. The fraction of sp³-hybridized carbons (Fsp3) is 0.535. The number of carbonyl (C=O) groups is 2. The van der Waals surface area contributed by atoms with Crippen LogP contribution in [0.25, 0.3) is 0 Å². The standard InChI is InChI=1S/C43H67O8P/c1-3-5-7-9-11-13-15-17-19-21-23-25-27-29-31-33-35-37-42(44)49-39-41(40-50-52(46,47)48)51-43(45)38-36-34-32-30-28-26-24-22-20-18-16-14-12-10-8-6-4-2/h5-8,11-14,17-20,23-26,29,31,41H,3-4,9-10,15-16,21-22,27-28,30,32-40H2,1-2H3,(H2,46,47,48)/b7-5-,8-6-,13-11-,14-12-,19-17-,20-18-,25-23-,26-24-,31-29-/t41-/m1/s1. The maximum absolute atomic E-state index is 12.4. The van der Waals surface area contributed by atoms with Crippen molar-refractivity contribution in [3.8, 4) is 0 Å². The monoisotopic (exact) mass is 742 g/mol. The minimum absolute atomic E-state index is 0.164. The van der Waals surface area contributed by atoms with Crippen LogP contribution < -0.4 is 0 Å². The van der Waals surface area contributed by atoms with Gasteiger partial charge in [0, 0.05) is 12.8 Å². The molecule has 52 heavy (non-hydrogen) atoms. The van der Waals surface area contributed by atoms with E-state index in [4.69, 9.17) is 19.3 Å². The molecule has 0 radical (unpaired) electrons. The van der Waals surface area contributed by atoms with E-state index in [1.165, 1.54) is 0 Å². The molecule has 9 heteroatoms. The highest BCUT2D eigenvalue weighted by molar-refractivity contribution is 7.46. The van der Waals surface area contributed by atoms with Gasteiger partial charge in [0.25, 0.3) is 0 Å². The molecule has 8 nitrogen and oxygen atoms in total. The van der Waals surface area contributed by atoms with Crippen LogP contribution in [0.15, 0.2) is 109 Å². The maximum atomic E-state index is 12.4. The normalized spacial score (nSPS) is 13.7. The van der Waals surface area contributed by atoms with E-state index in [9.17, 15) is 14.2 Å². The Bertz CT molecular complexity index is 1200. The number of esters is 2. The molecular weight excluding hydrogens is 675 g/mol. The molecule has 0 fully saturated rings. The summed E-state index contributed by atoms with van der Waals surface area (Å²) in [5.41, 5.74) is 0. The van der Waals surface area contributed by atoms with Crippen LogP contribution in [0.3, 0.4) is 0 Å². The third kappa shape index (κ3) is 39.5. The van der Waals surface area contributed by atoms with Crippen LogP contribution in [0.2, 0.25) is 0 Å². The molecule has 0 aliphatic rings. The Morgan fingerprint density at radius 2 is 0.885 bits per heavy atom. The van der Waals surface area contributed by atoms with Crippen LogP contribution >= 0.6 is 7.82 Å². The number of allylic oxidation sites excluding steroid dienone is 18. The largest absolute Gasteiger partial charge is 0.469 e. The van der Waals surface area contributed by atoms with E-state index >= 15 is 0 Å². The summed E-state index contributed by atoms with van der Waals surface area (Å²) < 4.78 is 26.3. The topological polar surface area (TPSA) is 119 Å². The van der Waals surface area contributed by atoms with Crippen LogP contribution in [0, 0.1) is 0 Å². The zero-order valence-corrected chi connectivity index (χ0v) is 32.8. The summed E-state index contributed by atoms with van der Waals surface area (Å²) >= 11 is 0. The zero-order valence-electron chi connectivity index (χ0n) is 31.9. The first-order valence-corrected chi connectivity index (χ1v) is 20.7. The average Bonchev–Trinajstić information content (AvgIpc) is 3.11. The Hall–Kier alpha value is -3.29. The number of hydrogen-bond acceptors (Lipinski definition) is 6. The molecule has 0 aliphatic carbocycles. The molecule has 0 unspecified atom stereocenters. The lowest BCUT2D eigenvalue weighted by Gasteiger charge is -2.18. The molecule has 0 aromatic carbocycles. The summed E-state index contributed by atoms with van der Waals surface area (Å²) in [6.45, 7) is 3.36. The van der Waals surface area contributed by atoms with Crippen molar-refractivity contribution in [2.75, 3.05) is 13.2 Å². The summed E-state index contributed by atoms with van der Waals surface area (Å²) in [6.07, 6.45) is 52.4. The fourth-order valence-electron chi connectivity index (χ4n) is 4.51. The fourth-order valence-corrected chi connectivity index (χ4v) is 4.88. The molecule has 0 heterocycles. The Kier molecular flexibility index (Phi) is 35.1. The quantitative estimate of drug-likeness (QED) is 0.0295. The third-order valence-corrected chi connectivity index (χ3v) is 7.77. The van der Waals surface area contributed by atoms with Crippen molar-refractivity contribution in [2.45, 2.75) is 136 Å². The van der Waals surface area contributed by atoms with Gasteiger partial charge in [0.15, 0.2) is 6.10 Å². The molecule has 0 spiro atoms. The smallest absolute Gasteiger partial charge is 0.462 e. The number of hydrogen-bond donors (Lipinski definition) is 2. The predicted molar refractivity (Wildman–Crippen MR) is 216 cm³/mol. The van der Waals surface area contributed by atoms with E-state index in [2.05, 4.69) is 122 Å². The number of phosphoric acid groups is 1. The second kappa shape index (κ2) is 37.5. The highest BCUT2D eigenvalue weighted by atomic mass is 31.2. The molecule has 1 atom stereocenters. The zero-order chi connectivity index (χ0) is 38.2. The van der Waals surface area contributed by atoms with Gasteiger partial charge in [0.1, 0.15) is 6.61 Å². The summed E-state index contributed by atoms with van der Waals surface area (Å²) in [4.78, 5) is 42.7. The molecule has 0 rings (SSSR count). The number of unbranched alkanes of at least 4 members (excludes halogenated alkanes) is 5. The Morgan fingerprint density at radius 1 is 0.500 bits per heavy atom. The molecule has 2 N–H and O–H groups in total. The minimum Gasteiger partial charge on any atom is -0.462 e. The van der Waals surface area contributed by atoms with Gasteiger partial charge in [0.2, 0.25) is 0 Å². The van der Waals surface area contributed by atoms with Gasteiger partial charge in [0.05, 0.1) is 6.61 Å². The van der Waals surface area contributed by atoms with Gasteiger partial charge in [-0.05, 0) is 89.9 Å². The van der Waals surface area contributed by atoms with Crippen molar-refractivity contribution in [1.82, 2.24) is 0 Å². The number of ether oxygens (including phenoxy) is 2. The summed E-state index contributed by atoms with van der Waals surface area (Å²) in [6, 6.07) is 0. The SMILES string of the molecule is CC/C=C\C/C=C\C/C=C\C/C=C\C/C=C\CCCC(=O)OC[C@H](COP(=O)(O)O)OC(=O)CCCCCC/C=C\C/C=C\C/C=C\C/C=C\CC. The first-order chi connectivity index (χ1) is 25.3. The summed E-state index contributed by atoms with van der Waals surface area (Å²) in [5, 5.41) is 0. The molecule has 0 saturated heterocycles. The van der Waals surface area contributed by atoms with Crippen LogP contribution in [0.5, 0.6) is 0 Å². The minimum atomic E-state index is -4.78. The van der Waals surface area contributed by atoms with Gasteiger partial charge in [-0.25, -0.2) is 4.57 Å². The molecule has 0 aliphatic heterocycles. The van der Waals surface area contributed by atoms with E-state index < -0.39 is 32.5 Å². The van der Waals surface area contributed by atoms with Crippen LogP contribution in [-0.2, 0) is 28.2 Å². The van der Waals surface area contributed by atoms with Crippen molar-refractivity contribution in [3.63, 3.8) is 0 Å². The van der Waals surface area contributed by atoms with Crippen LogP contribution in [0.4, 0.5) is 0 Å². The summed E-state index contributed by atoms with van der Waals surface area (Å²) in [5.74, 6) is -0.995. The van der Waals surface area contributed by atoms with E-state index in [0.717, 1.165) is 83.5 Å². The second-order valence-corrected chi connectivity index (χ2v) is 13.4. The lowest BCUT2D eigenvalue weighted by molar-refractivity contribution is -0.161. The van der Waals surface area contributed by atoms with Gasteiger partial charge in [-0.1, -0.05) is 136 Å². The highest BCUT2D eigenvalue weighted by Crippen LogP contribution is 2.35. The van der Waals surface area contributed by atoms with E-state index in [-0.39, 0.29) is 19.4 Å². The molecule has 0 bridgehead atoms. The van der Waals surface area contributed by atoms with Gasteiger partial charge in [-0.3, -0.25) is 14.1 Å². The van der Waals surface area contributed by atoms with Gasteiger partial charge >= 0.3 is 19.8 Å². The van der Waals surface area contributed by atoms with Crippen molar-refractivity contribution in [1.29, 1.82) is 0 Å². The molecule has 292 valence electrons. The van der Waals surface area contributed by atoms with Crippen molar-refractivity contribution in [3.05, 3.63) is 109 Å². The molecule has 0 saturated carbocycles. The number of carbonyl (C=O) groups excluding carboxylic acids is 2. The lowest BCUT2D eigenvalue weighted by Crippen LogP contribution is -2.29. The van der Waals surface area contributed by atoms with Gasteiger partial charge in [-0.2, -0.15) is 0 Å². The van der Waals surface area contributed by atoms with Crippen LogP contribution in [0.1, 0.15) is 129 Å².